The molecule has 56 heavy (non-hydrogen) atoms. The molecule has 0 spiro atoms. The predicted molar refractivity (Wildman–Crippen MR) is 205 cm³/mol. The Morgan fingerprint density at radius 2 is 1.57 bits per heavy atom. The highest BCUT2D eigenvalue weighted by atomic mass is 16.4. The van der Waals surface area contributed by atoms with Crippen molar-refractivity contribution in [2.75, 3.05) is 27.2 Å². The molecular weight excluding hydrogens is 722 g/mol. The number of hydrogen-bond donors (Lipinski definition) is 6. The van der Waals surface area contributed by atoms with Crippen molar-refractivity contribution in [2.45, 2.75) is 104 Å². The molecule has 1 heterocycles. The van der Waals surface area contributed by atoms with E-state index in [1.165, 1.54) is 9.80 Å². The summed E-state index contributed by atoms with van der Waals surface area (Å²) in [6, 6.07) is 2.20. The smallest absolute Gasteiger partial charge is 0.326 e. The van der Waals surface area contributed by atoms with Gasteiger partial charge in [0.05, 0.1) is 12.6 Å². The van der Waals surface area contributed by atoms with Gasteiger partial charge in [-0.05, 0) is 46.5 Å². The summed E-state index contributed by atoms with van der Waals surface area (Å²) in [5.74, 6) is -5.99. The van der Waals surface area contributed by atoms with Crippen molar-refractivity contribution >= 4 is 47.3 Å². The molecule has 0 aromatic heterocycles. The number of aliphatic carboxylic acids is 1. The first-order valence-corrected chi connectivity index (χ1v) is 19.4. The van der Waals surface area contributed by atoms with Crippen LogP contribution in [0.4, 0.5) is 4.79 Å². The van der Waals surface area contributed by atoms with Crippen LogP contribution < -0.4 is 26.6 Å². The molecule has 7 amide bonds. The lowest BCUT2D eigenvalue weighted by molar-refractivity contribution is -0.145. The highest BCUT2D eigenvalue weighted by molar-refractivity contribution is 6.38. The molecular formula is C40H59N7O9. The number of piperidine rings is 1. The van der Waals surface area contributed by atoms with Crippen molar-refractivity contribution in [1.29, 1.82) is 0 Å². The number of benzene rings is 1. The molecule has 1 aliphatic heterocycles. The largest absolute Gasteiger partial charge is 0.480 e. The summed E-state index contributed by atoms with van der Waals surface area (Å²) < 4.78 is 0. The molecule has 16 nitrogen and oxygen atoms in total. The van der Waals surface area contributed by atoms with Gasteiger partial charge in [0.1, 0.15) is 24.2 Å². The quantitative estimate of drug-likeness (QED) is 0.126. The molecule has 3 fully saturated rings. The first-order chi connectivity index (χ1) is 26.1. The van der Waals surface area contributed by atoms with E-state index < -0.39 is 83.6 Å². The average molecular weight is 782 g/mol. The Hall–Kier alpha value is -5.02. The normalized spacial score (nSPS) is 22.2. The number of likely N-dealkylation sites (N-methyl/N-ethyl adjacent to an activating group) is 1. The van der Waals surface area contributed by atoms with E-state index in [1.54, 1.807) is 79.0 Å². The molecule has 8 atom stereocenters. The van der Waals surface area contributed by atoms with Gasteiger partial charge >= 0.3 is 12.0 Å². The average Bonchev–Trinajstić information content (AvgIpc) is 3.99. The topological polar surface area (TPSA) is 223 Å². The second-order valence-corrected chi connectivity index (χ2v) is 17.4. The molecule has 2 aliphatic carbocycles. The first-order valence-electron chi connectivity index (χ1n) is 19.4. The van der Waals surface area contributed by atoms with Crippen LogP contribution >= 0.6 is 0 Å². The molecule has 308 valence electrons. The Morgan fingerprint density at radius 3 is 2.11 bits per heavy atom. The standard InChI is InChI=1S/C40H59N7O9/c1-10-21(2)28(37(54)55)44-38(56)45-32(39(3,4)5)36(53)47-20-24-27(40(24,6)7)30(47)33(50)42-25(18-22-16-17-22)31(49)34(51)41-19-26(48)43-29(35(52)46(8)9)23-14-12-11-13-15-23/h11-15,21-22,24-25,27-30,32H,10,16-20H2,1-9H3,(H,41,51)(H,42,50)(H,43,48)(H,54,55)(H2,44,45,56)/t21?,24-,25?,27?,28?,29-,30-,32?/m0/s1. The number of carboxylic acids is 1. The van der Waals surface area contributed by atoms with E-state index in [2.05, 4.69) is 26.6 Å². The van der Waals surface area contributed by atoms with Gasteiger partial charge in [-0.1, -0.05) is 98.1 Å². The molecule has 0 radical (unpaired) electrons. The van der Waals surface area contributed by atoms with Gasteiger partial charge in [0.2, 0.25) is 29.4 Å². The molecule has 1 aromatic rings. The number of nitrogens with zero attached hydrogens (tertiary/aromatic N) is 2. The van der Waals surface area contributed by atoms with E-state index in [-0.39, 0.29) is 48.0 Å². The van der Waals surface area contributed by atoms with Crippen LogP contribution in [0.3, 0.4) is 0 Å². The molecule has 1 aromatic carbocycles. The van der Waals surface area contributed by atoms with Crippen LogP contribution in [-0.2, 0) is 33.6 Å². The van der Waals surface area contributed by atoms with Crippen LogP contribution in [0.15, 0.2) is 30.3 Å². The third kappa shape index (κ3) is 10.2. The Kier molecular flexibility index (Phi) is 13.6. The molecule has 16 heteroatoms. The molecule has 4 rings (SSSR count). The minimum absolute atomic E-state index is 0.0306. The van der Waals surface area contributed by atoms with Gasteiger partial charge in [-0.2, -0.15) is 0 Å². The van der Waals surface area contributed by atoms with Crippen molar-refractivity contribution < 1.29 is 43.5 Å². The number of carboxylic acid groups (broad SMARTS) is 1. The number of rotatable bonds is 17. The van der Waals surface area contributed by atoms with Gasteiger partial charge in [-0.25, -0.2) is 9.59 Å². The van der Waals surface area contributed by atoms with Crippen LogP contribution in [-0.4, -0.2) is 114 Å². The first kappa shape index (κ1) is 43.7. The number of amides is 7. The number of urea groups is 1. The van der Waals surface area contributed by atoms with E-state index in [0.717, 1.165) is 12.8 Å². The van der Waals surface area contributed by atoms with E-state index in [4.69, 9.17) is 0 Å². The monoisotopic (exact) mass is 781 g/mol. The third-order valence-corrected chi connectivity index (χ3v) is 11.6. The van der Waals surface area contributed by atoms with Gasteiger partial charge in [0.15, 0.2) is 0 Å². The lowest BCUT2D eigenvalue weighted by atomic mass is 9.85. The summed E-state index contributed by atoms with van der Waals surface area (Å²) in [5, 5.41) is 22.6. The van der Waals surface area contributed by atoms with Crippen molar-refractivity contribution in [1.82, 2.24) is 36.4 Å². The third-order valence-electron chi connectivity index (χ3n) is 11.6. The fraction of sp³-hybridized carbons (Fsp3) is 0.650. The Labute approximate surface area is 328 Å². The fourth-order valence-corrected chi connectivity index (χ4v) is 7.61. The van der Waals surface area contributed by atoms with E-state index in [0.29, 0.717) is 12.0 Å². The van der Waals surface area contributed by atoms with Gasteiger partial charge in [-0.15, -0.1) is 0 Å². The maximum Gasteiger partial charge on any atom is 0.326 e. The van der Waals surface area contributed by atoms with Crippen molar-refractivity contribution in [3.8, 4) is 0 Å². The number of Topliss-reactive ketones (excluding diaryl/α,β-unsaturated/α-hetero) is 1. The van der Waals surface area contributed by atoms with Gasteiger partial charge in [0, 0.05) is 20.6 Å². The molecule has 5 unspecified atom stereocenters. The molecule has 6 N–H and O–H groups in total. The maximum absolute atomic E-state index is 14.3. The lowest BCUT2D eigenvalue weighted by Gasteiger charge is -2.38. The zero-order valence-corrected chi connectivity index (χ0v) is 33.9. The number of likely N-dealkylation sites (tertiary alicyclic amines) is 1. The zero-order chi connectivity index (χ0) is 41.9. The van der Waals surface area contributed by atoms with E-state index in [1.807, 2.05) is 13.8 Å². The second kappa shape index (κ2) is 17.4. The molecule has 3 aliphatic rings. The summed E-state index contributed by atoms with van der Waals surface area (Å²) in [5.41, 5.74) is -0.600. The van der Waals surface area contributed by atoms with E-state index >= 15 is 0 Å². The van der Waals surface area contributed by atoms with E-state index in [9.17, 15) is 43.5 Å². The van der Waals surface area contributed by atoms with Crippen LogP contribution in [0.5, 0.6) is 0 Å². The van der Waals surface area contributed by atoms with Gasteiger partial charge in [-0.3, -0.25) is 28.8 Å². The summed E-state index contributed by atoms with van der Waals surface area (Å²) in [6.45, 7) is 12.4. The van der Waals surface area contributed by atoms with Crippen molar-refractivity contribution in [3.05, 3.63) is 35.9 Å². The number of fused-ring (bicyclic) bond motifs is 1. The summed E-state index contributed by atoms with van der Waals surface area (Å²) in [4.78, 5) is 109. The summed E-state index contributed by atoms with van der Waals surface area (Å²) in [6.07, 6.45) is 2.33. The number of hydrogen-bond acceptors (Lipinski definition) is 8. The lowest BCUT2D eigenvalue weighted by Crippen LogP contribution is -2.62. The van der Waals surface area contributed by atoms with Crippen molar-refractivity contribution in [3.63, 3.8) is 0 Å². The van der Waals surface area contributed by atoms with Crippen LogP contribution in [0, 0.1) is 34.5 Å². The Bertz CT molecular complexity index is 1690. The SMILES string of the molecule is CCC(C)C(NC(=O)NC(C(=O)N1C[C@H]2C([C@H]1C(=O)NC(CC1CC1)C(=O)C(=O)NCC(=O)N[C@H](C(=O)N(C)C)c1ccccc1)C2(C)C)C(C)(C)C)C(=O)O. The Morgan fingerprint density at radius 1 is 0.946 bits per heavy atom. The minimum Gasteiger partial charge on any atom is -0.480 e. The highest BCUT2D eigenvalue weighted by Gasteiger charge is 2.70. The molecule has 1 saturated heterocycles. The molecule has 2 saturated carbocycles. The van der Waals surface area contributed by atoms with Crippen LogP contribution in [0.1, 0.15) is 85.8 Å². The summed E-state index contributed by atoms with van der Waals surface area (Å²) in [7, 11) is 3.10. The predicted octanol–water partition coefficient (Wildman–Crippen LogP) is 1.60. The number of ketones is 1. The molecule has 0 bridgehead atoms. The van der Waals surface area contributed by atoms with Gasteiger partial charge < -0.3 is 41.5 Å². The number of nitrogens with one attached hydrogen (secondary N) is 5. The maximum atomic E-state index is 14.3. The van der Waals surface area contributed by atoms with Crippen LogP contribution in [0.2, 0.25) is 0 Å². The van der Waals surface area contributed by atoms with Crippen LogP contribution in [0.25, 0.3) is 0 Å². The zero-order valence-electron chi connectivity index (χ0n) is 33.9. The number of carbonyl (C=O) groups excluding carboxylic acids is 7. The number of carbonyl (C=O) groups is 8. The fourth-order valence-electron chi connectivity index (χ4n) is 7.61. The summed E-state index contributed by atoms with van der Waals surface area (Å²) >= 11 is 0. The van der Waals surface area contributed by atoms with Gasteiger partial charge in [0.25, 0.3) is 5.91 Å². The minimum atomic E-state index is -1.22. The van der Waals surface area contributed by atoms with Crippen molar-refractivity contribution in [2.24, 2.45) is 34.5 Å². The highest BCUT2D eigenvalue weighted by Crippen LogP contribution is 2.65. The second-order valence-electron chi connectivity index (χ2n) is 17.4. The Balaban J connectivity index is 1.47.